The number of hydrogen-bond acceptors (Lipinski definition) is 2. The van der Waals surface area contributed by atoms with Crippen LogP contribution in [0, 0.1) is 0 Å². The number of nitrogens with zero attached hydrogens (tertiary/aromatic N) is 2. The molecule has 2 heterocycles. The number of aromatic nitrogens is 2. The Labute approximate surface area is 156 Å². The molecular weight excluding hydrogens is 380 g/mol. The van der Waals surface area contributed by atoms with Crippen molar-refractivity contribution in [3.63, 3.8) is 0 Å². The first-order valence-electron chi connectivity index (χ1n) is 7.88. The van der Waals surface area contributed by atoms with E-state index in [0.717, 1.165) is 22.3 Å². The number of fused-ring (bicyclic) bond motifs is 1. The first-order chi connectivity index (χ1) is 11.8. The Morgan fingerprint density at radius 2 is 1.80 bits per heavy atom. The van der Waals surface area contributed by atoms with Crippen molar-refractivity contribution in [1.82, 2.24) is 4.57 Å². The number of carbonyl (C=O) groups excluding carboxylic acids is 1. The molecule has 0 saturated carbocycles. The predicted octanol–water partition coefficient (Wildman–Crippen LogP) is 0.457. The molecule has 0 aliphatic carbocycles. The molecule has 0 bridgehead atoms. The van der Waals surface area contributed by atoms with E-state index in [4.69, 9.17) is 4.42 Å². The molecule has 4 nitrogen and oxygen atoms in total. The second-order valence-electron chi connectivity index (χ2n) is 5.80. The molecule has 0 saturated heterocycles. The molecule has 25 heavy (non-hydrogen) atoms. The predicted molar refractivity (Wildman–Crippen MR) is 90.7 cm³/mol. The minimum atomic E-state index is 0. The van der Waals surface area contributed by atoms with Crippen molar-refractivity contribution in [3.8, 4) is 0 Å². The Balaban J connectivity index is 0.00000182. The minimum absolute atomic E-state index is 0. The van der Waals surface area contributed by atoms with Gasteiger partial charge in [-0.2, -0.15) is 0 Å². The van der Waals surface area contributed by atoms with Gasteiger partial charge in [0, 0.05) is 10.9 Å². The van der Waals surface area contributed by atoms with Crippen molar-refractivity contribution in [2.75, 3.05) is 0 Å². The summed E-state index contributed by atoms with van der Waals surface area (Å²) in [7, 11) is 0. The SMILES string of the molecule is O=C(C[n+]1ccn(Cc2cc3ccccc3o2)c1)c1ccccc1.[Br-]. The van der Waals surface area contributed by atoms with Crippen LogP contribution < -0.4 is 21.5 Å². The molecular formula is C20H17BrN2O2. The van der Waals surface area contributed by atoms with Gasteiger partial charge in [-0.1, -0.05) is 48.5 Å². The van der Waals surface area contributed by atoms with Crippen molar-refractivity contribution in [1.29, 1.82) is 0 Å². The number of halogens is 1. The maximum Gasteiger partial charge on any atom is 0.244 e. The van der Waals surface area contributed by atoms with E-state index in [-0.39, 0.29) is 22.8 Å². The lowest BCUT2D eigenvalue weighted by molar-refractivity contribution is -0.682. The van der Waals surface area contributed by atoms with Crippen LogP contribution in [-0.2, 0) is 13.1 Å². The zero-order valence-electron chi connectivity index (χ0n) is 13.5. The fourth-order valence-electron chi connectivity index (χ4n) is 2.80. The van der Waals surface area contributed by atoms with Crippen LogP contribution in [0.1, 0.15) is 16.1 Å². The summed E-state index contributed by atoms with van der Waals surface area (Å²) >= 11 is 0. The minimum Gasteiger partial charge on any atom is -1.00 e. The zero-order valence-corrected chi connectivity index (χ0v) is 15.1. The van der Waals surface area contributed by atoms with Gasteiger partial charge in [0.2, 0.25) is 12.1 Å². The molecule has 0 fully saturated rings. The average molecular weight is 397 g/mol. The van der Waals surface area contributed by atoms with E-state index in [1.807, 2.05) is 82.5 Å². The quantitative estimate of drug-likeness (QED) is 0.363. The second-order valence-corrected chi connectivity index (χ2v) is 5.80. The fourth-order valence-corrected chi connectivity index (χ4v) is 2.80. The van der Waals surface area contributed by atoms with E-state index in [9.17, 15) is 4.79 Å². The lowest BCUT2D eigenvalue weighted by Gasteiger charge is -1.97. The normalized spacial score (nSPS) is 10.6. The largest absolute Gasteiger partial charge is 1.00 e. The van der Waals surface area contributed by atoms with E-state index in [2.05, 4.69) is 6.07 Å². The van der Waals surface area contributed by atoms with Crippen LogP contribution in [0.4, 0.5) is 0 Å². The number of ketones is 1. The molecule has 126 valence electrons. The Morgan fingerprint density at radius 1 is 1.04 bits per heavy atom. The molecule has 0 unspecified atom stereocenters. The average Bonchev–Trinajstić information content (AvgIpc) is 3.22. The van der Waals surface area contributed by atoms with Crippen LogP contribution >= 0.6 is 0 Å². The fraction of sp³-hybridized carbons (Fsp3) is 0.100. The van der Waals surface area contributed by atoms with Gasteiger partial charge in [0.1, 0.15) is 30.3 Å². The molecule has 0 atom stereocenters. The number of furan rings is 1. The summed E-state index contributed by atoms with van der Waals surface area (Å²) in [5.41, 5.74) is 1.63. The van der Waals surface area contributed by atoms with E-state index in [1.54, 1.807) is 0 Å². The molecule has 0 aliphatic heterocycles. The van der Waals surface area contributed by atoms with Gasteiger partial charge < -0.3 is 21.4 Å². The van der Waals surface area contributed by atoms with Crippen LogP contribution in [0.25, 0.3) is 11.0 Å². The molecule has 2 aromatic heterocycles. The number of hydrogen-bond donors (Lipinski definition) is 0. The lowest BCUT2D eigenvalue weighted by Crippen LogP contribution is -3.00. The Bertz CT molecular complexity index is 956. The van der Waals surface area contributed by atoms with Gasteiger partial charge >= 0.3 is 0 Å². The number of Topliss-reactive ketones (excluding diaryl/α,β-unsaturated/α-hetero) is 1. The Kier molecular flexibility index (Phi) is 5.14. The van der Waals surface area contributed by atoms with Gasteiger partial charge in [0.15, 0.2) is 6.54 Å². The number of rotatable bonds is 5. The first-order valence-corrected chi connectivity index (χ1v) is 7.88. The van der Waals surface area contributed by atoms with Gasteiger partial charge in [0.05, 0.1) is 0 Å². The number of imidazole rings is 1. The summed E-state index contributed by atoms with van der Waals surface area (Å²) in [4.78, 5) is 12.3. The second kappa shape index (κ2) is 7.49. The van der Waals surface area contributed by atoms with Crippen LogP contribution in [0.15, 0.2) is 83.8 Å². The molecule has 0 amide bonds. The summed E-state index contributed by atoms with van der Waals surface area (Å²) in [5, 5.41) is 1.10. The molecule has 0 radical (unpaired) electrons. The van der Waals surface area contributed by atoms with Crippen LogP contribution in [0.5, 0.6) is 0 Å². The highest BCUT2D eigenvalue weighted by molar-refractivity contribution is 5.94. The third-order valence-corrected chi connectivity index (χ3v) is 3.98. The number of para-hydroxylation sites is 1. The van der Waals surface area contributed by atoms with Crippen molar-refractivity contribution < 1.29 is 30.8 Å². The molecule has 0 spiro atoms. The van der Waals surface area contributed by atoms with Crippen molar-refractivity contribution in [2.24, 2.45) is 0 Å². The van der Waals surface area contributed by atoms with Gasteiger partial charge in [-0.25, -0.2) is 9.13 Å². The lowest BCUT2D eigenvalue weighted by atomic mass is 10.1. The molecule has 0 N–H and O–H groups in total. The third-order valence-electron chi connectivity index (χ3n) is 3.98. The Morgan fingerprint density at radius 3 is 2.60 bits per heavy atom. The molecule has 4 aromatic rings. The van der Waals surface area contributed by atoms with Gasteiger partial charge in [-0.15, -0.1) is 0 Å². The summed E-state index contributed by atoms with van der Waals surface area (Å²) in [5.74, 6) is 0.996. The van der Waals surface area contributed by atoms with Crippen molar-refractivity contribution in [3.05, 3.63) is 90.7 Å². The van der Waals surface area contributed by atoms with E-state index >= 15 is 0 Å². The van der Waals surface area contributed by atoms with Gasteiger partial charge in [-0.3, -0.25) is 4.79 Å². The monoisotopic (exact) mass is 396 g/mol. The smallest absolute Gasteiger partial charge is 0.244 e. The highest BCUT2D eigenvalue weighted by Crippen LogP contribution is 2.19. The summed E-state index contributed by atoms with van der Waals surface area (Å²) in [6.45, 7) is 0.971. The van der Waals surface area contributed by atoms with Crippen molar-refractivity contribution >= 4 is 16.8 Å². The van der Waals surface area contributed by atoms with Crippen LogP contribution in [0.3, 0.4) is 0 Å². The molecule has 0 aliphatic rings. The summed E-state index contributed by atoms with van der Waals surface area (Å²) in [6.07, 6.45) is 5.78. The zero-order chi connectivity index (χ0) is 16.4. The molecule has 5 heteroatoms. The standard InChI is InChI=1S/C20H17N2O2.BrH/c23-19(16-6-2-1-3-7-16)14-22-11-10-21(15-22)13-18-12-17-8-4-5-9-20(17)24-18;/h1-12,15H,13-14H2;1H/q+1;/p-1. The number of carbonyl (C=O) groups is 1. The summed E-state index contributed by atoms with van der Waals surface area (Å²) in [6, 6.07) is 19.4. The maximum atomic E-state index is 12.3. The topological polar surface area (TPSA) is 39.0 Å². The maximum absolute atomic E-state index is 12.3. The van der Waals surface area contributed by atoms with Crippen LogP contribution in [-0.4, -0.2) is 10.4 Å². The van der Waals surface area contributed by atoms with E-state index < -0.39 is 0 Å². The highest BCUT2D eigenvalue weighted by Gasteiger charge is 2.12. The Hall–Kier alpha value is -2.66. The van der Waals surface area contributed by atoms with Gasteiger partial charge in [0.25, 0.3) is 0 Å². The van der Waals surface area contributed by atoms with Crippen molar-refractivity contribution in [2.45, 2.75) is 13.1 Å². The van der Waals surface area contributed by atoms with E-state index in [0.29, 0.717) is 13.1 Å². The third kappa shape index (κ3) is 3.88. The molecule has 2 aromatic carbocycles. The first kappa shape index (κ1) is 17.2. The van der Waals surface area contributed by atoms with Crippen LogP contribution in [0.2, 0.25) is 0 Å². The highest BCUT2D eigenvalue weighted by atomic mass is 79.9. The summed E-state index contributed by atoms with van der Waals surface area (Å²) < 4.78 is 9.73. The van der Waals surface area contributed by atoms with E-state index in [1.165, 1.54) is 0 Å². The van der Waals surface area contributed by atoms with Gasteiger partial charge in [-0.05, 0) is 12.1 Å². The number of benzene rings is 2. The molecule has 4 rings (SSSR count).